The molecule has 0 amide bonds. The molecule has 3 rings (SSSR count). The van der Waals surface area contributed by atoms with Gasteiger partial charge in [-0.1, -0.05) is 56.4 Å². The number of oxime groups is 1. The Balaban J connectivity index is 2.17. The predicted octanol–water partition coefficient (Wildman–Crippen LogP) is 5.96. The Kier molecular flexibility index (Phi) is 5.42. The van der Waals surface area contributed by atoms with Crippen molar-refractivity contribution in [1.82, 2.24) is 0 Å². The van der Waals surface area contributed by atoms with E-state index in [1.165, 1.54) is 31.2 Å². The van der Waals surface area contributed by atoms with Gasteiger partial charge in [-0.25, -0.2) is 4.79 Å². The van der Waals surface area contributed by atoms with E-state index in [1.54, 1.807) is 0 Å². The summed E-state index contributed by atoms with van der Waals surface area (Å²) in [7, 11) is 0. The average Bonchev–Trinajstić information content (AvgIpc) is 2.92. The second-order valence-electron chi connectivity index (χ2n) is 6.11. The highest BCUT2D eigenvalue weighted by molar-refractivity contribution is 9.10. The number of rotatable bonds is 3. The lowest BCUT2D eigenvalue weighted by molar-refractivity contribution is -0.273. The fraction of sp³-hybridized carbons (Fsp3) is 0.222. The minimum atomic E-state index is -4.89. The molecule has 2 unspecified atom stereocenters. The molecule has 0 fully saturated rings. The number of halogens is 6. The van der Waals surface area contributed by atoms with Gasteiger partial charge in [0.2, 0.25) is 0 Å². The molecular weight excluding hydrogens is 486 g/mol. The maximum Gasteiger partial charge on any atom is 0.436 e. The van der Waals surface area contributed by atoms with Crippen LogP contribution in [0.15, 0.2) is 41.6 Å². The minimum absolute atomic E-state index is 0.00642. The van der Waals surface area contributed by atoms with Gasteiger partial charge in [-0.2, -0.15) is 13.2 Å². The number of carboxylic acids is 1. The number of benzene rings is 2. The summed E-state index contributed by atoms with van der Waals surface area (Å²) in [4.78, 5) is 14.9. The summed E-state index contributed by atoms with van der Waals surface area (Å²) in [5, 5.41) is 13.0. The predicted molar refractivity (Wildman–Crippen MR) is 103 cm³/mol. The molecule has 10 heteroatoms. The number of aromatic carboxylic acids is 1. The molecule has 1 heterocycles. The van der Waals surface area contributed by atoms with Crippen LogP contribution in [0.1, 0.15) is 27.0 Å². The van der Waals surface area contributed by atoms with Crippen LogP contribution >= 0.6 is 39.1 Å². The molecule has 1 aliphatic rings. The molecule has 4 nitrogen and oxygen atoms in total. The van der Waals surface area contributed by atoms with E-state index in [0.29, 0.717) is 0 Å². The van der Waals surface area contributed by atoms with Gasteiger partial charge in [0, 0.05) is 21.2 Å². The Morgan fingerprint density at radius 2 is 1.86 bits per heavy atom. The monoisotopic (exact) mass is 495 g/mol. The summed E-state index contributed by atoms with van der Waals surface area (Å²) in [6.45, 7) is 1.49. The fourth-order valence-electron chi connectivity index (χ4n) is 3.06. The zero-order valence-corrected chi connectivity index (χ0v) is 17.1. The first-order valence-corrected chi connectivity index (χ1v) is 9.43. The first kappa shape index (κ1) is 21.0. The van der Waals surface area contributed by atoms with Crippen molar-refractivity contribution in [2.75, 3.05) is 0 Å². The first-order chi connectivity index (χ1) is 13.0. The molecule has 2 aromatic rings. The van der Waals surface area contributed by atoms with Crippen LogP contribution in [0.5, 0.6) is 0 Å². The van der Waals surface area contributed by atoms with E-state index in [1.807, 2.05) is 0 Å². The van der Waals surface area contributed by atoms with Crippen molar-refractivity contribution in [3.8, 4) is 0 Å². The molecule has 1 aliphatic heterocycles. The molecule has 2 atom stereocenters. The van der Waals surface area contributed by atoms with Crippen molar-refractivity contribution in [1.29, 1.82) is 0 Å². The maximum atomic E-state index is 14.2. The molecule has 0 saturated carbocycles. The quantitative estimate of drug-likeness (QED) is 0.533. The lowest BCUT2D eigenvalue weighted by Gasteiger charge is -2.33. The van der Waals surface area contributed by atoms with Crippen LogP contribution < -0.4 is 0 Å². The molecule has 0 saturated heterocycles. The van der Waals surface area contributed by atoms with Crippen LogP contribution in [-0.4, -0.2) is 27.8 Å². The van der Waals surface area contributed by atoms with Crippen molar-refractivity contribution < 1.29 is 27.9 Å². The topological polar surface area (TPSA) is 58.9 Å². The van der Waals surface area contributed by atoms with Crippen molar-refractivity contribution >= 4 is 50.8 Å². The third-order valence-electron chi connectivity index (χ3n) is 4.44. The highest BCUT2D eigenvalue weighted by Crippen LogP contribution is 2.52. The van der Waals surface area contributed by atoms with E-state index in [0.717, 1.165) is 12.1 Å². The van der Waals surface area contributed by atoms with Crippen molar-refractivity contribution in [2.24, 2.45) is 5.16 Å². The van der Waals surface area contributed by atoms with E-state index in [-0.39, 0.29) is 38.0 Å². The molecule has 28 heavy (non-hydrogen) atoms. The second-order valence-corrected chi connectivity index (χ2v) is 7.89. The third kappa shape index (κ3) is 3.27. The molecule has 2 aromatic carbocycles. The number of carbonyl (C=O) groups is 1. The zero-order valence-electron chi connectivity index (χ0n) is 14.0. The van der Waals surface area contributed by atoms with Crippen LogP contribution in [0.25, 0.3) is 0 Å². The lowest BCUT2D eigenvalue weighted by atomic mass is 9.85. The van der Waals surface area contributed by atoms with Crippen LogP contribution in [0.2, 0.25) is 10.0 Å². The van der Waals surface area contributed by atoms with Crippen LogP contribution in [0, 0.1) is 6.92 Å². The number of carboxylic acid groups (broad SMARTS) is 1. The Morgan fingerprint density at radius 3 is 2.39 bits per heavy atom. The Bertz CT molecular complexity index is 976. The molecule has 0 aromatic heterocycles. The van der Waals surface area contributed by atoms with E-state index in [9.17, 15) is 23.1 Å². The van der Waals surface area contributed by atoms with Gasteiger partial charge < -0.3 is 9.94 Å². The van der Waals surface area contributed by atoms with Crippen molar-refractivity contribution in [2.45, 2.75) is 23.5 Å². The van der Waals surface area contributed by atoms with Crippen LogP contribution in [0.3, 0.4) is 0 Å². The van der Waals surface area contributed by atoms with Gasteiger partial charge in [0.25, 0.3) is 5.60 Å². The van der Waals surface area contributed by atoms with Crippen molar-refractivity contribution in [3.63, 3.8) is 0 Å². The summed E-state index contributed by atoms with van der Waals surface area (Å²) in [6.07, 6.45) is -4.89. The number of hydrogen-bond acceptors (Lipinski definition) is 3. The Morgan fingerprint density at radius 1 is 1.25 bits per heavy atom. The number of alkyl halides is 4. The Labute approximate surface area is 176 Å². The standard InChI is InChI=1S/C18H11BrCl2F3NO3/c1-8-12(3-2-4-13(8)16(26)27)14-15(19)17(28-25-14,18(22,23)24)9-5-10(20)7-11(21)6-9/h2-7,15H,1H3,(H,26,27). The summed E-state index contributed by atoms with van der Waals surface area (Å²) in [6, 6.07) is 7.78. The molecule has 0 spiro atoms. The summed E-state index contributed by atoms with van der Waals surface area (Å²) >= 11 is 14.9. The average molecular weight is 497 g/mol. The van der Waals surface area contributed by atoms with E-state index < -0.39 is 22.6 Å². The van der Waals surface area contributed by atoms with Crippen LogP contribution in [-0.2, 0) is 10.4 Å². The van der Waals surface area contributed by atoms with E-state index in [2.05, 4.69) is 21.1 Å². The maximum absolute atomic E-state index is 14.2. The molecule has 0 aliphatic carbocycles. The van der Waals surface area contributed by atoms with E-state index in [4.69, 9.17) is 28.0 Å². The van der Waals surface area contributed by atoms with Gasteiger partial charge >= 0.3 is 12.1 Å². The van der Waals surface area contributed by atoms with Gasteiger partial charge in [-0.3, -0.25) is 0 Å². The molecular formula is C18H11BrCl2F3NO3. The largest absolute Gasteiger partial charge is 0.478 e. The Hall–Kier alpha value is -1.77. The minimum Gasteiger partial charge on any atom is -0.478 e. The van der Waals surface area contributed by atoms with Gasteiger partial charge in [-0.15, -0.1) is 0 Å². The van der Waals surface area contributed by atoms with Gasteiger partial charge in [0.1, 0.15) is 10.5 Å². The van der Waals surface area contributed by atoms with Crippen molar-refractivity contribution in [3.05, 3.63) is 68.7 Å². The van der Waals surface area contributed by atoms with Crippen LogP contribution in [0.4, 0.5) is 13.2 Å². The molecule has 148 valence electrons. The molecule has 0 bridgehead atoms. The van der Waals surface area contributed by atoms with Gasteiger partial charge in [0.15, 0.2) is 0 Å². The lowest BCUT2D eigenvalue weighted by Crippen LogP contribution is -2.50. The first-order valence-electron chi connectivity index (χ1n) is 7.75. The van der Waals surface area contributed by atoms with Gasteiger partial charge in [-0.05, 0) is 36.8 Å². The normalized spacial score (nSPS) is 22.0. The summed E-state index contributed by atoms with van der Waals surface area (Å²) in [5.41, 5.74) is -2.86. The number of hydrogen-bond donors (Lipinski definition) is 1. The van der Waals surface area contributed by atoms with Gasteiger partial charge in [0.05, 0.1) is 5.56 Å². The smallest absolute Gasteiger partial charge is 0.436 e. The fourth-order valence-corrected chi connectivity index (χ4v) is 4.53. The third-order valence-corrected chi connectivity index (χ3v) is 5.95. The molecule has 1 N–H and O–H groups in total. The SMILES string of the molecule is Cc1c(C(=O)O)cccc1C1=NOC(c2cc(Cl)cc(Cl)c2)(C(F)(F)F)C1Br. The molecule has 0 radical (unpaired) electrons. The zero-order chi connectivity index (χ0) is 20.9. The summed E-state index contributed by atoms with van der Waals surface area (Å²) < 4.78 is 42.6. The highest BCUT2D eigenvalue weighted by atomic mass is 79.9. The summed E-state index contributed by atoms with van der Waals surface area (Å²) in [5.74, 6) is -1.20. The highest BCUT2D eigenvalue weighted by Gasteiger charge is 2.67. The van der Waals surface area contributed by atoms with E-state index >= 15 is 0 Å². The number of nitrogens with zero attached hydrogens (tertiary/aromatic N) is 1. The second kappa shape index (κ2) is 7.24.